The van der Waals surface area contributed by atoms with Crippen molar-refractivity contribution in [1.29, 1.82) is 0 Å². The molecule has 8 heteroatoms. The Balaban J connectivity index is 1.33. The molecule has 26 heavy (non-hydrogen) atoms. The van der Waals surface area contributed by atoms with Gasteiger partial charge in [0, 0.05) is 63.3 Å². The molecular formula is C18H27N5O3. The summed E-state index contributed by atoms with van der Waals surface area (Å²) in [6.45, 7) is 6.22. The zero-order valence-electron chi connectivity index (χ0n) is 15.0. The number of carbonyl (C=O) groups excluding carboxylic acids is 2. The average molecular weight is 361 g/mol. The molecule has 0 aromatic carbocycles. The van der Waals surface area contributed by atoms with Crippen molar-refractivity contribution in [3.63, 3.8) is 0 Å². The van der Waals surface area contributed by atoms with E-state index in [-0.39, 0.29) is 18.0 Å². The van der Waals surface area contributed by atoms with Crippen molar-refractivity contribution in [2.45, 2.75) is 18.9 Å². The quantitative estimate of drug-likeness (QED) is 0.789. The lowest BCUT2D eigenvalue weighted by Crippen LogP contribution is -2.50. The van der Waals surface area contributed by atoms with E-state index >= 15 is 0 Å². The van der Waals surface area contributed by atoms with Crippen molar-refractivity contribution >= 4 is 11.9 Å². The molecule has 1 aromatic rings. The molecule has 0 bridgehead atoms. The van der Waals surface area contributed by atoms with Gasteiger partial charge in [0.1, 0.15) is 0 Å². The highest BCUT2D eigenvalue weighted by Gasteiger charge is 2.24. The number of hydrogen-bond acceptors (Lipinski definition) is 5. The van der Waals surface area contributed by atoms with Crippen LogP contribution < -0.4 is 10.6 Å². The fourth-order valence-electron chi connectivity index (χ4n) is 3.26. The fourth-order valence-corrected chi connectivity index (χ4v) is 3.26. The topological polar surface area (TPSA) is 86.8 Å². The van der Waals surface area contributed by atoms with E-state index in [1.54, 1.807) is 24.5 Å². The molecule has 2 aliphatic rings. The van der Waals surface area contributed by atoms with Gasteiger partial charge in [0.05, 0.1) is 13.2 Å². The molecule has 3 heterocycles. The van der Waals surface area contributed by atoms with E-state index in [1.807, 2.05) is 4.90 Å². The Morgan fingerprint density at radius 3 is 2.50 bits per heavy atom. The number of urea groups is 1. The number of rotatable bonds is 5. The maximum absolute atomic E-state index is 12.3. The van der Waals surface area contributed by atoms with E-state index in [2.05, 4.69) is 20.5 Å². The molecule has 0 radical (unpaired) electrons. The Bertz CT molecular complexity index is 584. The Labute approximate surface area is 153 Å². The summed E-state index contributed by atoms with van der Waals surface area (Å²) in [6, 6.07) is 3.49. The summed E-state index contributed by atoms with van der Waals surface area (Å²) in [6.07, 6.45) is 4.76. The van der Waals surface area contributed by atoms with Gasteiger partial charge in [0.2, 0.25) is 0 Å². The summed E-state index contributed by atoms with van der Waals surface area (Å²) in [5.74, 6) is -0.0826. The average Bonchev–Trinajstić information content (AvgIpc) is 2.70. The van der Waals surface area contributed by atoms with E-state index in [4.69, 9.17) is 4.74 Å². The minimum Gasteiger partial charge on any atom is -0.379 e. The van der Waals surface area contributed by atoms with Crippen LogP contribution >= 0.6 is 0 Å². The largest absolute Gasteiger partial charge is 0.379 e. The lowest BCUT2D eigenvalue weighted by atomic mass is 10.0. The zero-order chi connectivity index (χ0) is 18.2. The van der Waals surface area contributed by atoms with Gasteiger partial charge in [-0.05, 0) is 25.0 Å². The molecule has 0 unspecified atom stereocenters. The highest BCUT2D eigenvalue weighted by Crippen LogP contribution is 2.11. The number of nitrogens with one attached hydrogen (secondary N) is 2. The Morgan fingerprint density at radius 2 is 1.81 bits per heavy atom. The van der Waals surface area contributed by atoms with Crippen molar-refractivity contribution in [2.24, 2.45) is 0 Å². The second-order valence-corrected chi connectivity index (χ2v) is 6.66. The van der Waals surface area contributed by atoms with Crippen LogP contribution in [0.25, 0.3) is 0 Å². The predicted octanol–water partition coefficient (Wildman–Crippen LogP) is 0.318. The van der Waals surface area contributed by atoms with Gasteiger partial charge in [-0.1, -0.05) is 0 Å². The first-order valence-corrected chi connectivity index (χ1v) is 9.26. The molecule has 2 fully saturated rings. The first kappa shape index (κ1) is 18.6. The van der Waals surface area contributed by atoms with Gasteiger partial charge in [-0.2, -0.15) is 0 Å². The summed E-state index contributed by atoms with van der Waals surface area (Å²) in [4.78, 5) is 32.5. The highest BCUT2D eigenvalue weighted by atomic mass is 16.5. The molecule has 0 spiro atoms. The third-order valence-electron chi connectivity index (χ3n) is 4.87. The first-order valence-electron chi connectivity index (χ1n) is 9.26. The first-order chi connectivity index (χ1) is 12.7. The number of likely N-dealkylation sites (tertiary alicyclic amines) is 1. The standard InChI is InChI=1S/C18H27N5O3/c24-17(15-1-5-19-6-2-15)21-16-3-8-23(9-4-16)18(25)20-7-10-22-11-13-26-14-12-22/h1-2,5-6,16H,3-4,7-14H2,(H,20,25)(H,21,24). The molecular weight excluding hydrogens is 334 g/mol. The van der Waals surface area contributed by atoms with Gasteiger partial charge in [0.15, 0.2) is 0 Å². The highest BCUT2D eigenvalue weighted by molar-refractivity contribution is 5.94. The minimum atomic E-state index is -0.0826. The Kier molecular flexibility index (Phi) is 6.79. The molecule has 142 valence electrons. The molecule has 3 amide bonds. The predicted molar refractivity (Wildman–Crippen MR) is 97.0 cm³/mol. The number of aromatic nitrogens is 1. The second kappa shape index (κ2) is 9.49. The minimum absolute atomic E-state index is 0.0165. The summed E-state index contributed by atoms with van der Waals surface area (Å²) in [7, 11) is 0. The summed E-state index contributed by atoms with van der Waals surface area (Å²) >= 11 is 0. The molecule has 0 atom stereocenters. The van der Waals surface area contributed by atoms with Crippen molar-refractivity contribution < 1.29 is 14.3 Å². The van der Waals surface area contributed by atoms with Crippen molar-refractivity contribution in [3.05, 3.63) is 30.1 Å². The van der Waals surface area contributed by atoms with E-state index < -0.39 is 0 Å². The fraction of sp³-hybridized carbons (Fsp3) is 0.611. The molecule has 2 aliphatic heterocycles. The Morgan fingerprint density at radius 1 is 1.12 bits per heavy atom. The molecule has 2 N–H and O–H groups in total. The van der Waals surface area contributed by atoms with Crippen LogP contribution in [0, 0.1) is 0 Å². The van der Waals surface area contributed by atoms with Crippen LogP contribution in [0.5, 0.6) is 0 Å². The van der Waals surface area contributed by atoms with E-state index in [9.17, 15) is 9.59 Å². The van der Waals surface area contributed by atoms with E-state index in [0.717, 1.165) is 45.7 Å². The van der Waals surface area contributed by atoms with Gasteiger partial charge >= 0.3 is 6.03 Å². The van der Waals surface area contributed by atoms with Crippen LogP contribution in [-0.4, -0.2) is 85.2 Å². The van der Waals surface area contributed by atoms with E-state index in [0.29, 0.717) is 25.2 Å². The van der Waals surface area contributed by atoms with Gasteiger partial charge in [0.25, 0.3) is 5.91 Å². The van der Waals surface area contributed by atoms with Crippen LogP contribution in [0.2, 0.25) is 0 Å². The van der Waals surface area contributed by atoms with Crippen LogP contribution in [0.3, 0.4) is 0 Å². The second-order valence-electron chi connectivity index (χ2n) is 6.66. The number of morpholine rings is 1. The molecule has 2 saturated heterocycles. The maximum atomic E-state index is 12.3. The lowest BCUT2D eigenvalue weighted by molar-refractivity contribution is 0.0385. The molecule has 8 nitrogen and oxygen atoms in total. The number of piperidine rings is 1. The van der Waals surface area contributed by atoms with E-state index in [1.165, 1.54) is 0 Å². The van der Waals surface area contributed by atoms with Gasteiger partial charge in [-0.25, -0.2) is 4.79 Å². The molecule has 3 rings (SSSR count). The smallest absolute Gasteiger partial charge is 0.317 e. The summed E-state index contributed by atoms with van der Waals surface area (Å²) in [5.41, 5.74) is 0.614. The number of pyridine rings is 1. The van der Waals surface area contributed by atoms with Crippen molar-refractivity contribution in [1.82, 2.24) is 25.4 Å². The molecule has 0 saturated carbocycles. The van der Waals surface area contributed by atoms with Crippen LogP contribution in [-0.2, 0) is 4.74 Å². The lowest BCUT2D eigenvalue weighted by Gasteiger charge is -2.33. The third kappa shape index (κ3) is 5.40. The van der Waals surface area contributed by atoms with Crippen LogP contribution in [0.1, 0.15) is 23.2 Å². The number of ether oxygens (including phenoxy) is 1. The molecule has 1 aromatic heterocycles. The monoisotopic (exact) mass is 361 g/mol. The number of nitrogens with zero attached hydrogens (tertiary/aromatic N) is 3. The van der Waals surface area contributed by atoms with Crippen LogP contribution in [0.15, 0.2) is 24.5 Å². The van der Waals surface area contributed by atoms with Crippen molar-refractivity contribution in [3.8, 4) is 0 Å². The Hall–Kier alpha value is -2.19. The zero-order valence-corrected chi connectivity index (χ0v) is 15.0. The summed E-state index contributed by atoms with van der Waals surface area (Å²) in [5, 5.41) is 6.03. The van der Waals surface area contributed by atoms with Gasteiger partial charge in [-0.3, -0.25) is 14.7 Å². The maximum Gasteiger partial charge on any atom is 0.317 e. The van der Waals surface area contributed by atoms with Crippen LogP contribution in [0.4, 0.5) is 4.79 Å². The number of hydrogen-bond donors (Lipinski definition) is 2. The third-order valence-corrected chi connectivity index (χ3v) is 4.87. The number of amides is 3. The van der Waals surface area contributed by atoms with Gasteiger partial charge < -0.3 is 20.3 Å². The number of carbonyl (C=O) groups is 2. The summed E-state index contributed by atoms with van der Waals surface area (Å²) < 4.78 is 5.32. The molecule has 0 aliphatic carbocycles. The van der Waals surface area contributed by atoms with Gasteiger partial charge in [-0.15, -0.1) is 0 Å². The SMILES string of the molecule is O=C(NC1CCN(C(=O)NCCN2CCOCC2)CC1)c1ccncc1. The van der Waals surface area contributed by atoms with Crippen molar-refractivity contribution in [2.75, 3.05) is 52.5 Å². The normalized spacial score (nSPS) is 19.2.